The molecule has 1 amide bonds. The highest BCUT2D eigenvalue weighted by Gasteiger charge is 2.25. The lowest BCUT2D eigenvalue weighted by molar-refractivity contribution is -0.126. The normalized spacial score (nSPS) is 20.2. The lowest BCUT2D eigenvalue weighted by Gasteiger charge is -2.27. The Hall–Kier alpha value is -1.62. The molecule has 5 heteroatoms. The molecule has 1 heterocycles. The Morgan fingerprint density at radius 2 is 2.08 bits per heavy atom. The van der Waals surface area contributed by atoms with Crippen molar-refractivity contribution in [3.8, 4) is 5.88 Å². The van der Waals surface area contributed by atoms with Crippen molar-refractivity contribution < 1.29 is 14.3 Å². The number of carbonyl (C=O) groups excluding carboxylic acids is 1. The van der Waals surface area contributed by atoms with Crippen molar-refractivity contribution in [2.24, 2.45) is 11.8 Å². The first-order valence-corrected chi connectivity index (χ1v) is 9.58. The number of amides is 1. The standard InChI is InChI=1S/C20H32N2O3/c1-3-4-6-16-8-10-17(11-9-16)19(23)22-15-18-7-5-12-21-20(18)25-14-13-24-2/h5,7,12,16-17H,3-4,6,8-11,13-15H2,1-2H3,(H,22,23). The van der Waals surface area contributed by atoms with Gasteiger partial charge in [-0.3, -0.25) is 4.79 Å². The highest BCUT2D eigenvalue weighted by molar-refractivity contribution is 5.78. The smallest absolute Gasteiger partial charge is 0.223 e. The van der Waals surface area contributed by atoms with Crippen LogP contribution in [0.5, 0.6) is 5.88 Å². The summed E-state index contributed by atoms with van der Waals surface area (Å²) in [5, 5.41) is 3.07. The zero-order valence-corrected chi connectivity index (χ0v) is 15.6. The fourth-order valence-electron chi connectivity index (χ4n) is 3.44. The Bertz CT molecular complexity index is 513. The molecule has 1 aromatic heterocycles. The molecule has 1 aliphatic rings. The van der Waals surface area contributed by atoms with Crippen LogP contribution >= 0.6 is 0 Å². The van der Waals surface area contributed by atoms with Gasteiger partial charge in [0.05, 0.1) is 6.61 Å². The van der Waals surface area contributed by atoms with Gasteiger partial charge in [-0.1, -0.05) is 32.3 Å². The van der Waals surface area contributed by atoms with Gasteiger partial charge in [-0.25, -0.2) is 4.98 Å². The summed E-state index contributed by atoms with van der Waals surface area (Å²) in [6, 6.07) is 3.81. The van der Waals surface area contributed by atoms with Crippen LogP contribution < -0.4 is 10.1 Å². The van der Waals surface area contributed by atoms with E-state index in [0.717, 1.165) is 24.3 Å². The quantitative estimate of drug-likeness (QED) is 0.655. The zero-order valence-electron chi connectivity index (χ0n) is 15.6. The molecule has 140 valence electrons. The second-order valence-electron chi connectivity index (χ2n) is 6.89. The fourth-order valence-corrected chi connectivity index (χ4v) is 3.44. The van der Waals surface area contributed by atoms with E-state index in [1.807, 2.05) is 12.1 Å². The minimum Gasteiger partial charge on any atom is -0.475 e. The third-order valence-electron chi connectivity index (χ3n) is 5.01. The first kappa shape index (κ1) is 19.7. The number of rotatable bonds is 10. The van der Waals surface area contributed by atoms with E-state index in [0.29, 0.717) is 25.6 Å². The van der Waals surface area contributed by atoms with E-state index in [1.54, 1.807) is 13.3 Å². The van der Waals surface area contributed by atoms with Gasteiger partial charge in [-0.15, -0.1) is 0 Å². The molecular formula is C20H32N2O3. The van der Waals surface area contributed by atoms with Gasteiger partial charge < -0.3 is 14.8 Å². The van der Waals surface area contributed by atoms with E-state index in [1.165, 1.54) is 32.1 Å². The maximum Gasteiger partial charge on any atom is 0.223 e. The zero-order chi connectivity index (χ0) is 17.9. The number of nitrogens with one attached hydrogen (secondary N) is 1. The monoisotopic (exact) mass is 348 g/mol. The van der Waals surface area contributed by atoms with Crippen molar-refractivity contribution in [3.05, 3.63) is 23.9 Å². The number of methoxy groups -OCH3 is 1. The average molecular weight is 348 g/mol. The molecule has 5 nitrogen and oxygen atoms in total. The Morgan fingerprint density at radius 3 is 2.80 bits per heavy atom. The van der Waals surface area contributed by atoms with E-state index < -0.39 is 0 Å². The summed E-state index contributed by atoms with van der Waals surface area (Å²) < 4.78 is 10.6. The third-order valence-corrected chi connectivity index (χ3v) is 5.01. The number of hydrogen-bond donors (Lipinski definition) is 1. The molecule has 0 aromatic carbocycles. The summed E-state index contributed by atoms with van der Waals surface area (Å²) >= 11 is 0. The van der Waals surface area contributed by atoms with Crippen LogP contribution in [0.4, 0.5) is 0 Å². The number of carbonyl (C=O) groups is 1. The van der Waals surface area contributed by atoms with E-state index >= 15 is 0 Å². The Kier molecular flexibility index (Phi) is 8.73. The SMILES string of the molecule is CCCCC1CCC(C(=O)NCc2cccnc2OCCOC)CC1. The van der Waals surface area contributed by atoms with Gasteiger partial charge in [0.1, 0.15) is 6.61 Å². The molecule has 1 N–H and O–H groups in total. The molecular weight excluding hydrogens is 316 g/mol. The summed E-state index contributed by atoms with van der Waals surface area (Å²) in [5.41, 5.74) is 0.906. The second kappa shape index (κ2) is 11.1. The number of unbranched alkanes of at least 4 members (excludes halogenated alkanes) is 1. The molecule has 25 heavy (non-hydrogen) atoms. The molecule has 0 spiro atoms. The third kappa shape index (κ3) is 6.65. The van der Waals surface area contributed by atoms with E-state index in [2.05, 4.69) is 17.2 Å². The lowest BCUT2D eigenvalue weighted by atomic mass is 9.79. The first-order chi connectivity index (χ1) is 12.2. The Labute approximate surface area is 151 Å². The molecule has 1 aromatic rings. The Balaban J connectivity index is 1.77. The first-order valence-electron chi connectivity index (χ1n) is 9.58. The highest BCUT2D eigenvalue weighted by atomic mass is 16.5. The van der Waals surface area contributed by atoms with Crippen LogP contribution in [0.2, 0.25) is 0 Å². The Morgan fingerprint density at radius 1 is 1.28 bits per heavy atom. The molecule has 0 unspecified atom stereocenters. The number of nitrogens with zero attached hydrogens (tertiary/aromatic N) is 1. The van der Waals surface area contributed by atoms with Gasteiger partial charge in [-0.05, 0) is 37.7 Å². The van der Waals surface area contributed by atoms with Crippen molar-refractivity contribution in [2.45, 2.75) is 58.4 Å². The molecule has 0 bridgehead atoms. The van der Waals surface area contributed by atoms with Crippen LogP contribution in [-0.4, -0.2) is 31.2 Å². The van der Waals surface area contributed by atoms with Crippen LogP contribution in [0.3, 0.4) is 0 Å². The fraction of sp³-hybridized carbons (Fsp3) is 0.700. The maximum absolute atomic E-state index is 12.5. The van der Waals surface area contributed by atoms with Gasteiger partial charge in [0.15, 0.2) is 0 Å². The molecule has 0 atom stereocenters. The van der Waals surface area contributed by atoms with E-state index in [4.69, 9.17) is 9.47 Å². The van der Waals surface area contributed by atoms with Crippen molar-refractivity contribution in [2.75, 3.05) is 20.3 Å². The second-order valence-corrected chi connectivity index (χ2v) is 6.89. The molecule has 0 radical (unpaired) electrons. The van der Waals surface area contributed by atoms with Gasteiger partial charge in [0, 0.05) is 31.3 Å². The lowest BCUT2D eigenvalue weighted by Crippen LogP contribution is -2.33. The van der Waals surface area contributed by atoms with Gasteiger partial charge in [0.2, 0.25) is 11.8 Å². The summed E-state index contributed by atoms with van der Waals surface area (Å²) in [5.74, 6) is 1.72. The molecule has 0 aliphatic heterocycles. The number of ether oxygens (including phenoxy) is 2. The molecule has 0 saturated heterocycles. The van der Waals surface area contributed by atoms with Crippen molar-refractivity contribution in [1.82, 2.24) is 10.3 Å². The van der Waals surface area contributed by atoms with Crippen LogP contribution in [0, 0.1) is 11.8 Å². The summed E-state index contributed by atoms with van der Waals surface area (Å²) in [6.07, 6.45) is 10.0. The van der Waals surface area contributed by atoms with Crippen molar-refractivity contribution in [3.63, 3.8) is 0 Å². The number of hydrogen-bond acceptors (Lipinski definition) is 4. The van der Waals surface area contributed by atoms with Crippen LogP contribution in [-0.2, 0) is 16.1 Å². The summed E-state index contributed by atoms with van der Waals surface area (Å²) in [6.45, 7) is 3.68. The van der Waals surface area contributed by atoms with E-state index in [-0.39, 0.29) is 11.8 Å². The summed E-state index contributed by atoms with van der Waals surface area (Å²) in [4.78, 5) is 16.7. The predicted octanol–water partition coefficient (Wildman–Crippen LogP) is 3.72. The van der Waals surface area contributed by atoms with Crippen molar-refractivity contribution >= 4 is 5.91 Å². The van der Waals surface area contributed by atoms with Gasteiger partial charge >= 0.3 is 0 Å². The van der Waals surface area contributed by atoms with Crippen molar-refractivity contribution in [1.29, 1.82) is 0 Å². The predicted molar refractivity (Wildman–Crippen MR) is 98.4 cm³/mol. The average Bonchev–Trinajstić information content (AvgIpc) is 2.66. The molecule has 2 rings (SSSR count). The number of pyridine rings is 1. The highest BCUT2D eigenvalue weighted by Crippen LogP contribution is 2.32. The van der Waals surface area contributed by atoms with Crippen LogP contribution in [0.1, 0.15) is 57.4 Å². The summed E-state index contributed by atoms with van der Waals surface area (Å²) in [7, 11) is 1.64. The number of aromatic nitrogens is 1. The van der Waals surface area contributed by atoms with Crippen LogP contribution in [0.25, 0.3) is 0 Å². The van der Waals surface area contributed by atoms with Crippen LogP contribution in [0.15, 0.2) is 18.3 Å². The minimum absolute atomic E-state index is 0.160. The van der Waals surface area contributed by atoms with E-state index in [9.17, 15) is 4.79 Å². The topological polar surface area (TPSA) is 60.5 Å². The van der Waals surface area contributed by atoms with Gasteiger partial charge in [0.25, 0.3) is 0 Å². The minimum atomic E-state index is 0.160. The molecule has 1 saturated carbocycles. The maximum atomic E-state index is 12.5. The molecule has 1 aliphatic carbocycles. The van der Waals surface area contributed by atoms with Gasteiger partial charge in [-0.2, -0.15) is 0 Å². The largest absolute Gasteiger partial charge is 0.475 e. The molecule has 1 fully saturated rings.